The summed E-state index contributed by atoms with van der Waals surface area (Å²) in [6.07, 6.45) is -2.15. The molecule has 1 aromatic rings. The number of imide groups is 1. The summed E-state index contributed by atoms with van der Waals surface area (Å²) in [6.45, 7) is 9.72. The standard InChI is InChI=1S/C16H22ClFN2O4/c1-15(2,3)23-13(21)20(14(22)24-16(4,5)6)12-10(19)8-7-9(18)11(12)17/h7-8H,19H2,1-6H3. The molecule has 0 heterocycles. The molecule has 0 unspecified atom stereocenters. The largest absolute Gasteiger partial charge is 0.443 e. The van der Waals surface area contributed by atoms with Gasteiger partial charge in [-0.25, -0.2) is 14.0 Å². The van der Waals surface area contributed by atoms with E-state index in [0.29, 0.717) is 4.90 Å². The SMILES string of the molecule is CC(C)(C)OC(=O)N(C(=O)OC(C)(C)C)c1c(N)ccc(F)c1Cl. The first-order valence-corrected chi connectivity index (χ1v) is 7.60. The number of ether oxygens (including phenoxy) is 2. The van der Waals surface area contributed by atoms with E-state index in [1.807, 2.05) is 0 Å². The molecule has 0 aliphatic rings. The second-order valence-corrected chi connectivity index (χ2v) is 7.47. The summed E-state index contributed by atoms with van der Waals surface area (Å²) in [6, 6.07) is 2.22. The lowest BCUT2D eigenvalue weighted by Crippen LogP contribution is -2.44. The van der Waals surface area contributed by atoms with E-state index < -0.39 is 34.2 Å². The molecule has 0 atom stereocenters. The summed E-state index contributed by atoms with van der Waals surface area (Å²) in [7, 11) is 0. The van der Waals surface area contributed by atoms with Gasteiger partial charge in [0.25, 0.3) is 0 Å². The lowest BCUT2D eigenvalue weighted by molar-refractivity contribution is 0.0431. The highest BCUT2D eigenvalue weighted by atomic mass is 35.5. The quantitative estimate of drug-likeness (QED) is 0.731. The predicted octanol–water partition coefficient (Wildman–Crippen LogP) is 4.74. The summed E-state index contributed by atoms with van der Waals surface area (Å²) in [5, 5.41) is -0.480. The Bertz CT molecular complexity index is 623. The third kappa shape index (κ3) is 5.26. The van der Waals surface area contributed by atoms with Gasteiger partial charge in [-0.3, -0.25) is 0 Å². The zero-order valence-electron chi connectivity index (χ0n) is 14.6. The van der Waals surface area contributed by atoms with Crippen LogP contribution in [0.15, 0.2) is 12.1 Å². The third-order valence-corrected chi connectivity index (χ3v) is 2.84. The van der Waals surface area contributed by atoms with Crippen LogP contribution in [-0.2, 0) is 9.47 Å². The number of nitrogens with zero attached hydrogens (tertiary/aromatic N) is 1. The first-order chi connectivity index (χ1) is 10.7. The van der Waals surface area contributed by atoms with Crippen molar-refractivity contribution in [1.82, 2.24) is 0 Å². The Kier molecular flexibility index (Phi) is 5.71. The van der Waals surface area contributed by atoms with Gasteiger partial charge in [0.05, 0.1) is 5.69 Å². The highest BCUT2D eigenvalue weighted by molar-refractivity contribution is 6.35. The van der Waals surface area contributed by atoms with E-state index in [-0.39, 0.29) is 11.4 Å². The topological polar surface area (TPSA) is 81.9 Å². The summed E-state index contributed by atoms with van der Waals surface area (Å²) < 4.78 is 24.2. The Morgan fingerprint density at radius 3 is 1.83 bits per heavy atom. The molecule has 2 N–H and O–H groups in total. The minimum atomic E-state index is -1.07. The number of amides is 2. The van der Waals surface area contributed by atoms with E-state index in [1.54, 1.807) is 41.5 Å². The number of nitrogen functional groups attached to an aromatic ring is 1. The number of carbonyl (C=O) groups is 2. The maximum atomic E-state index is 13.8. The molecule has 2 amide bonds. The highest BCUT2D eigenvalue weighted by Crippen LogP contribution is 2.36. The van der Waals surface area contributed by atoms with Crippen LogP contribution >= 0.6 is 11.6 Å². The smallest absolute Gasteiger partial charge is 0.424 e. The third-order valence-electron chi connectivity index (χ3n) is 2.48. The molecule has 1 rings (SSSR count). The van der Waals surface area contributed by atoms with Crippen molar-refractivity contribution in [1.29, 1.82) is 0 Å². The maximum absolute atomic E-state index is 13.8. The van der Waals surface area contributed by atoms with Gasteiger partial charge >= 0.3 is 12.2 Å². The van der Waals surface area contributed by atoms with Gasteiger partial charge in [0.15, 0.2) is 0 Å². The highest BCUT2D eigenvalue weighted by Gasteiger charge is 2.35. The number of benzene rings is 1. The van der Waals surface area contributed by atoms with E-state index >= 15 is 0 Å². The van der Waals surface area contributed by atoms with Gasteiger partial charge in [-0.1, -0.05) is 11.6 Å². The Labute approximate surface area is 145 Å². The van der Waals surface area contributed by atoms with Crippen molar-refractivity contribution < 1.29 is 23.5 Å². The molecule has 6 nitrogen and oxygen atoms in total. The molecular formula is C16H22ClFN2O4. The minimum Gasteiger partial charge on any atom is -0.443 e. The van der Waals surface area contributed by atoms with Crippen LogP contribution in [0.4, 0.5) is 25.4 Å². The molecule has 0 saturated carbocycles. The van der Waals surface area contributed by atoms with Gasteiger partial charge in [-0.05, 0) is 53.7 Å². The molecule has 0 saturated heterocycles. The van der Waals surface area contributed by atoms with Crippen molar-refractivity contribution >= 4 is 35.2 Å². The van der Waals surface area contributed by atoms with Crippen LogP contribution in [-0.4, -0.2) is 23.4 Å². The van der Waals surface area contributed by atoms with Gasteiger partial charge in [0, 0.05) is 0 Å². The molecule has 0 aliphatic heterocycles. The molecule has 0 aromatic heterocycles. The fourth-order valence-electron chi connectivity index (χ4n) is 1.65. The van der Waals surface area contributed by atoms with Crippen molar-refractivity contribution in [2.24, 2.45) is 0 Å². The normalized spacial score (nSPS) is 11.8. The van der Waals surface area contributed by atoms with Crippen LogP contribution in [0.2, 0.25) is 5.02 Å². The van der Waals surface area contributed by atoms with Crippen LogP contribution in [0.1, 0.15) is 41.5 Å². The van der Waals surface area contributed by atoms with Crippen LogP contribution in [0.3, 0.4) is 0 Å². The lowest BCUT2D eigenvalue weighted by atomic mass is 10.2. The van der Waals surface area contributed by atoms with Crippen molar-refractivity contribution in [2.75, 3.05) is 10.6 Å². The molecule has 0 aliphatic carbocycles. The Balaban J connectivity index is 3.42. The number of hydrogen-bond donors (Lipinski definition) is 1. The molecule has 0 radical (unpaired) electrons. The summed E-state index contributed by atoms with van der Waals surface area (Å²) in [5.74, 6) is -0.835. The molecule has 8 heteroatoms. The van der Waals surface area contributed by atoms with E-state index in [1.165, 1.54) is 6.07 Å². The Morgan fingerprint density at radius 1 is 1.04 bits per heavy atom. The van der Waals surface area contributed by atoms with Crippen LogP contribution < -0.4 is 10.6 Å². The van der Waals surface area contributed by atoms with Crippen molar-refractivity contribution in [3.05, 3.63) is 23.0 Å². The van der Waals surface area contributed by atoms with Gasteiger partial charge in [-0.15, -0.1) is 0 Å². The van der Waals surface area contributed by atoms with Crippen LogP contribution in [0.5, 0.6) is 0 Å². The molecule has 0 spiro atoms. The van der Waals surface area contributed by atoms with E-state index in [4.69, 9.17) is 26.8 Å². The summed E-state index contributed by atoms with van der Waals surface area (Å²) >= 11 is 5.91. The molecule has 0 fully saturated rings. The molecule has 1 aromatic carbocycles. The average Bonchev–Trinajstić information content (AvgIpc) is 2.34. The number of halogens is 2. The Morgan fingerprint density at radius 2 is 1.46 bits per heavy atom. The predicted molar refractivity (Wildman–Crippen MR) is 90.8 cm³/mol. The summed E-state index contributed by atoms with van der Waals surface area (Å²) in [5.41, 5.74) is 3.60. The monoisotopic (exact) mass is 360 g/mol. The van der Waals surface area contributed by atoms with Gasteiger partial charge in [0.2, 0.25) is 0 Å². The lowest BCUT2D eigenvalue weighted by Gasteiger charge is -2.29. The van der Waals surface area contributed by atoms with E-state index in [9.17, 15) is 14.0 Å². The second-order valence-electron chi connectivity index (χ2n) is 7.10. The average molecular weight is 361 g/mol. The Hall–Kier alpha value is -2.02. The number of nitrogens with two attached hydrogens (primary N) is 1. The van der Waals surface area contributed by atoms with Gasteiger partial charge < -0.3 is 15.2 Å². The molecule has 134 valence electrons. The first-order valence-electron chi connectivity index (χ1n) is 7.22. The number of hydrogen-bond acceptors (Lipinski definition) is 5. The van der Waals surface area contributed by atoms with Crippen LogP contribution in [0.25, 0.3) is 0 Å². The summed E-state index contributed by atoms with van der Waals surface area (Å²) in [4.78, 5) is 25.4. The molecule has 24 heavy (non-hydrogen) atoms. The molecular weight excluding hydrogens is 339 g/mol. The number of carbonyl (C=O) groups excluding carboxylic acids is 2. The maximum Gasteiger partial charge on any atom is 0.424 e. The number of anilines is 2. The van der Waals surface area contributed by atoms with Gasteiger partial charge in [0.1, 0.15) is 27.7 Å². The number of rotatable bonds is 1. The minimum absolute atomic E-state index is 0.0712. The van der Waals surface area contributed by atoms with Crippen molar-refractivity contribution in [3.8, 4) is 0 Å². The fraction of sp³-hybridized carbons (Fsp3) is 0.500. The van der Waals surface area contributed by atoms with Gasteiger partial charge in [-0.2, -0.15) is 4.90 Å². The first kappa shape index (κ1) is 20.0. The van der Waals surface area contributed by atoms with Crippen molar-refractivity contribution in [3.63, 3.8) is 0 Å². The fourth-order valence-corrected chi connectivity index (χ4v) is 1.91. The van der Waals surface area contributed by atoms with Crippen molar-refractivity contribution in [2.45, 2.75) is 52.7 Å². The van der Waals surface area contributed by atoms with E-state index in [0.717, 1.165) is 6.07 Å². The zero-order chi connectivity index (χ0) is 18.9. The van der Waals surface area contributed by atoms with Crippen LogP contribution in [0, 0.1) is 5.82 Å². The molecule has 0 bridgehead atoms. The second kappa shape index (κ2) is 6.84. The zero-order valence-corrected chi connectivity index (χ0v) is 15.3. The van der Waals surface area contributed by atoms with E-state index in [2.05, 4.69) is 0 Å².